The molecular weight excluding hydrogens is 278 g/mol. The van der Waals surface area contributed by atoms with Crippen molar-refractivity contribution in [2.45, 2.75) is 6.92 Å². The molecule has 6 nitrogen and oxygen atoms in total. The molecular formula is C13H12ClN5O. The Balaban J connectivity index is 2.07. The Kier molecular flexibility index (Phi) is 3.15. The number of imidazole rings is 1. The monoisotopic (exact) mass is 289 g/mol. The van der Waals surface area contributed by atoms with Crippen molar-refractivity contribution in [1.82, 2.24) is 19.9 Å². The van der Waals surface area contributed by atoms with Crippen LogP contribution < -0.4 is 10.1 Å². The molecule has 3 rings (SSSR count). The molecule has 0 spiro atoms. The molecule has 0 aliphatic heterocycles. The fourth-order valence-electron chi connectivity index (χ4n) is 1.79. The number of hydrogen-bond donors (Lipinski definition) is 2. The molecule has 0 radical (unpaired) electrons. The summed E-state index contributed by atoms with van der Waals surface area (Å²) in [4.78, 5) is 15.6. The third kappa shape index (κ3) is 2.25. The van der Waals surface area contributed by atoms with E-state index in [0.717, 1.165) is 5.56 Å². The van der Waals surface area contributed by atoms with Gasteiger partial charge in [-0.05, 0) is 24.6 Å². The average Bonchev–Trinajstić information content (AvgIpc) is 2.90. The lowest BCUT2D eigenvalue weighted by Gasteiger charge is -2.09. The van der Waals surface area contributed by atoms with E-state index in [1.807, 2.05) is 19.1 Å². The molecule has 0 atom stereocenters. The van der Waals surface area contributed by atoms with Crippen molar-refractivity contribution in [3.63, 3.8) is 0 Å². The summed E-state index contributed by atoms with van der Waals surface area (Å²) in [5.74, 6) is 1.35. The Hall–Kier alpha value is -2.34. The number of aryl methyl sites for hydroxylation is 1. The number of fused-ring (bicyclic) bond motifs is 1. The summed E-state index contributed by atoms with van der Waals surface area (Å²) in [6.07, 6.45) is 1.54. The highest BCUT2D eigenvalue weighted by Gasteiger charge is 2.13. The van der Waals surface area contributed by atoms with Gasteiger partial charge in [0.05, 0.1) is 11.3 Å². The normalized spacial score (nSPS) is 10.8. The van der Waals surface area contributed by atoms with Crippen LogP contribution in [-0.2, 0) is 0 Å². The van der Waals surface area contributed by atoms with Gasteiger partial charge in [0.1, 0.15) is 11.3 Å². The van der Waals surface area contributed by atoms with Crippen molar-refractivity contribution in [2.75, 3.05) is 12.4 Å². The van der Waals surface area contributed by atoms with Gasteiger partial charge >= 0.3 is 0 Å². The molecule has 20 heavy (non-hydrogen) atoms. The Morgan fingerprint density at radius 2 is 2.15 bits per heavy atom. The van der Waals surface area contributed by atoms with Gasteiger partial charge in [0, 0.05) is 7.05 Å². The van der Waals surface area contributed by atoms with Crippen LogP contribution in [0.4, 0.5) is 5.95 Å². The van der Waals surface area contributed by atoms with E-state index in [1.54, 1.807) is 19.4 Å². The molecule has 3 aromatic rings. The topological polar surface area (TPSA) is 75.7 Å². The Labute approximate surface area is 120 Å². The van der Waals surface area contributed by atoms with Crippen LogP contribution in [-0.4, -0.2) is 27.0 Å². The van der Waals surface area contributed by atoms with E-state index in [0.29, 0.717) is 33.8 Å². The van der Waals surface area contributed by atoms with E-state index in [9.17, 15) is 0 Å². The van der Waals surface area contributed by atoms with Crippen LogP contribution in [0.2, 0.25) is 5.02 Å². The minimum absolute atomic E-state index is 0.377. The first-order valence-corrected chi connectivity index (χ1v) is 6.38. The minimum Gasteiger partial charge on any atom is -0.435 e. The SMILES string of the molecule is CNc1nc(Oc2ccc(C)cc2Cl)c2[nH]cnc2n1. The maximum absolute atomic E-state index is 6.17. The predicted molar refractivity (Wildman–Crippen MR) is 77.5 cm³/mol. The minimum atomic E-state index is 0.377. The second-order valence-corrected chi connectivity index (χ2v) is 4.65. The maximum Gasteiger partial charge on any atom is 0.250 e. The van der Waals surface area contributed by atoms with Gasteiger partial charge in [-0.3, -0.25) is 0 Å². The number of hydrogen-bond acceptors (Lipinski definition) is 5. The smallest absolute Gasteiger partial charge is 0.250 e. The maximum atomic E-state index is 6.17. The van der Waals surface area contributed by atoms with Crippen LogP contribution >= 0.6 is 11.6 Å². The Morgan fingerprint density at radius 3 is 2.90 bits per heavy atom. The van der Waals surface area contributed by atoms with E-state index >= 15 is 0 Å². The third-order valence-electron chi connectivity index (χ3n) is 2.77. The number of halogens is 1. The van der Waals surface area contributed by atoms with E-state index in [-0.39, 0.29) is 0 Å². The van der Waals surface area contributed by atoms with Crippen molar-refractivity contribution in [3.05, 3.63) is 35.1 Å². The third-order valence-corrected chi connectivity index (χ3v) is 3.07. The number of nitrogens with zero attached hydrogens (tertiary/aromatic N) is 3. The van der Waals surface area contributed by atoms with Gasteiger partial charge in [-0.1, -0.05) is 17.7 Å². The number of rotatable bonds is 3. The number of H-pyrrole nitrogens is 1. The number of benzene rings is 1. The summed E-state index contributed by atoms with van der Waals surface area (Å²) >= 11 is 6.17. The van der Waals surface area contributed by atoms with E-state index in [4.69, 9.17) is 16.3 Å². The number of aromatic amines is 1. The second kappa shape index (κ2) is 4.97. The lowest BCUT2D eigenvalue weighted by molar-refractivity contribution is 0.468. The predicted octanol–water partition coefficient (Wildman–Crippen LogP) is 3.15. The van der Waals surface area contributed by atoms with Crippen LogP contribution in [0.15, 0.2) is 24.5 Å². The van der Waals surface area contributed by atoms with Gasteiger partial charge < -0.3 is 15.0 Å². The highest BCUT2D eigenvalue weighted by molar-refractivity contribution is 6.32. The van der Waals surface area contributed by atoms with Crippen LogP contribution in [0.5, 0.6) is 11.6 Å². The van der Waals surface area contributed by atoms with Gasteiger partial charge in [0.2, 0.25) is 5.95 Å². The molecule has 2 N–H and O–H groups in total. The highest BCUT2D eigenvalue weighted by atomic mass is 35.5. The molecule has 0 saturated heterocycles. The summed E-state index contributed by atoms with van der Waals surface area (Å²) in [6, 6.07) is 5.56. The number of aromatic nitrogens is 4. The fourth-order valence-corrected chi connectivity index (χ4v) is 2.06. The van der Waals surface area contributed by atoms with Crippen molar-refractivity contribution in [2.24, 2.45) is 0 Å². The van der Waals surface area contributed by atoms with Crippen molar-refractivity contribution in [1.29, 1.82) is 0 Å². The van der Waals surface area contributed by atoms with Gasteiger partial charge in [0.15, 0.2) is 5.65 Å². The first-order valence-electron chi connectivity index (χ1n) is 6.00. The Bertz CT molecular complexity index is 771. The van der Waals surface area contributed by atoms with E-state index in [1.165, 1.54) is 0 Å². The molecule has 0 aliphatic carbocycles. The van der Waals surface area contributed by atoms with Gasteiger partial charge in [-0.2, -0.15) is 9.97 Å². The standard InChI is InChI=1S/C13H12ClN5O/c1-7-3-4-9(8(14)5-7)20-12-10-11(17-6-16-10)18-13(15-2)19-12/h3-6H,1-2H3,(H2,15,16,17,18,19). The van der Waals surface area contributed by atoms with Gasteiger partial charge in [-0.25, -0.2) is 4.98 Å². The quantitative estimate of drug-likeness (QED) is 0.774. The molecule has 0 amide bonds. The summed E-state index contributed by atoms with van der Waals surface area (Å²) in [5, 5.41) is 3.40. The largest absolute Gasteiger partial charge is 0.435 e. The average molecular weight is 290 g/mol. The lowest BCUT2D eigenvalue weighted by Crippen LogP contribution is -1.99. The van der Waals surface area contributed by atoms with Crippen LogP contribution in [0.25, 0.3) is 11.2 Å². The number of ether oxygens (including phenoxy) is 1. The van der Waals surface area contributed by atoms with Crippen molar-refractivity contribution >= 4 is 28.7 Å². The zero-order chi connectivity index (χ0) is 14.1. The number of nitrogens with one attached hydrogen (secondary N) is 2. The highest BCUT2D eigenvalue weighted by Crippen LogP contribution is 2.32. The zero-order valence-electron chi connectivity index (χ0n) is 10.9. The summed E-state index contributed by atoms with van der Waals surface area (Å²) in [6.45, 7) is 1.96. The zero-order valence-corrected chi connectivity index (χ0v) is 11.7. The molecule has 1 aromatic carbocycles. The second-order valence-electron chi connectivity index (χ2n) is 4.24. The molecule has 0 fully saturated rings. The van der Waals surface area contributed by atoms with E-state index in [2.05, 4.69) is 25.3 Å². The first kappa shape index (κ1) is 12.7. The molecule has 0 aliphatic rings. The van der Waals surface area contributed by atoms with Crippen molar-refractivity contribution < 1.29 is 4.74 Å². The molecule has 2 aromatic heterocycles. The van der Waals surface area contributed by atoms with Crippen molar-refractivity contribution in [3.8, 4) is 11.6 Å². The first-order chi connectivity index (χ1) is 9.67. The molecule has 2 heterocycles. The van der Waals surface area contributed by atoms with E-state index < -0.39 is 0 Å². The van der Waals surface area contributed by atoms with Crippen LogP contribution in [0.3, 0.4) is 0 Å². The lowest BCUT2D eigenvalue weighted by atomic mass is 10.2. The van der Waals surface area contributed by atoms with Gasteiger partial charge in [-0.15, -0.1) is 0 Å². The van der Waals surface area contributed by atoms with Crippen LogP contribution in [0.1, 0.15) is 5.56 Å². The van der Waals surface area contributed by atoms with Crippen LogP contribution in [0, 0.1) is 6.92 Å². The summed E-state index contributed by atoms with van der Waals surface area (Å²) in [5.41, 5.74) is 2.22. The molecule has 0 bridgehead atoms. The molecule has 0 unspecified atom stereocenters. The molecule has 7 heteroatoms. The Morgan fingerprint density at radius 1 is 1.30 bits per heavy atom. The summed E-state index contributed by atoms with van der Waals surface area (Å²) < 4.78 is 5.78. The summed E-state index contributed by atoms with van der Waals surface area (Å²) in [7, 11) is 1.73. The number of anilines is 1. The fraction of sp³-hybridized carbons (Fsp3) is 0.154. The molecule has 102 valence electrons. The van der Waals surface area contributed by atoms with Gasteiger partial charge in [0.25, 0.3) is 5.88 Å². The molecule has 0 saturated carbocycles.